The molecular weight excluding hydrogens is 446 g/mol. The minimum absolute atomic E-state index is 0.107. The maximum atomic E-state index is 14.2. The first-order chi connectivity index (χ1) is 16.4. The average molecular weight is 466 g/mol. The Hall–Kier alpha value is -4.12. The van der Waals surface area contributed by atoms with Gasteiger partial charge in [-0.05, 0) is 42.8 Å². The molecule has 0 unspecified atom stereocenters. The fourth-order valence-electron chi connectivity index (χ4n) is 3.87. The van der Waals surface area contributed by atoms with Crippen molar-refractivity contribution in [3.8, 4) is 11.5 Å². The molecule has 3 N–H and O–H groups in total. The van der Waals surface area contributed by atoms with E-state index in [1.165, 1.54) is 13.1 Å². The second kappa shape index (κ2) is 8.67. The number of ether oxygens (including phenoxy) is 1. The largest absolute Gasteiger partial charge is 0.378 e. The van der Waals surface area contributed by atoms with E-state index in [1.807, 2.05) is 0 Å². The summed E-state index contributed by atoms with van der Waals surface area (Å²) in [5.74, 6) is -2.66. The molecule has 1 aliphatic rings. The van der Waals surface area contributed by atoms with Crippen LogP contribution in [0.3, 0.4) is 0 Å². The van der Waals surface area contributed by atoms with Crippen LogP contribution < -0.4 is 5.32 Å². The summed E-state index contributed by atoms with van der Waals surface area (Å²) in [5.41, 5.74) is 1.80. The van der Waals surface area contributed by atoms with Gasteiger partial charge in [0.15, 0.2) is 11.5 Å². The van der Waals surface area contributed by atoms with Crippen LogP contribution in [0.5, 0.6) is 0 Å². The third-order valence-electron chi connectivity index (χ3n) is 5.55. The van der Waals surface area contributed by atoms with Crippen LogP contribution in [0, 0.1) is 18.6 Å². The maximum absolute atomic E-state index is 14.2. The predicted molar refractivity (Wildman–Crippen MR) is 119 cm³/mol. The lowest BCUT2D eigenvalue weighted by atomic mass is 10.1. The molecule has 34 heavy (non-hydrogen) atoms. The number of rotatable bonds is 4. The molecule has 1 aliphatic heterocycles. The Morgan fingerprint density at radius 3 is 2.59 bits per heavy atom. The first-order valence-corrected chi connectivity index (χ1v) is 10.6. The summed E-state index contributed by atoms with van der Waals surface area (Å²) in [6.45, 7) is 3.60. The van der Waals surface area contributed by atoms with Gasteiger partial charge in [0.2, 0.25) is 0 Å². The molecule has 0 spiro atoms. The van der Waals surface area contributed by atoms with Gasteiger partial charge in [-0.1, -0.05) is 0 Å². The Balaban J connectivity index is 1.41. The van der Waals surface area contributed by atoms with Crippen molar-refractivity contribution in [3.63, 3.8) is 0 Å². The number of fused-ring (bicyclic) bond motifs is 1. The van der Waals surface area contributed by atoms with E-state index in [4.69, 9.17) is 4.74 Å². The van der Waals surface area contributed by atoms with Gasteiger partial charge in [0.25, 0.3) is 11.8 Å². The monoisotopic (exact) mass is 466 g/mol. The summed E-state index contributed by atoms with van der Waals surface area (Å²) < 4.78 is 33.7. The van der Waals surface area contributed by atoms with Crippen molar-refractivity contribution in [3.05, 3.63) is 64.9 Å². The molecule has 5 rings (SSSR count). The van der Waals surface area contributed by atoms with Crippen molar-refractivity contribution >= 4 is 28.5 Å². The molecule has 3 heterocycles. The molecule has 2 amide bonds. The maximum Gasteiger partial charge on any atom is 0.261 e. The standard InChI is InChI=1S/C23H20F2N6O3/c1-12-8-14(24)19(15(25)9-12)22(32)29-18-11-26-30-20(18)21-27-16-3-2-13(10-17(16)28-21)23(33)31-4-6-34-7-5-31/h2-3,8-11H,4-7H2,1H3,(H,26,30)(H,27,28)(H,29,32). The van der Waals surface area contributed by atoms with Gasteiger partial charge in [0, 0.05) is 24.8 Å². The number of benzene rings is 2. The van der Waals surface area contributed by atoms with Crippen molar-refractivity contribution in [2.24, 2.45) is 0 Å². The first kappa shape index (κ1) is 21.7. The van der Waals surface area contributed by atoms with Crippen molar-refractivity contribution in [2.75, 3.05) is 31.6 Å². The van der Waals surface area contributed by atoms with Gasteiger partial charge in [-0.3, -0.25) is 14.7 Å². The molecule has 174 valence electrons. The number of hydrogen-bond acceptors (Lipinski definition) is 5. The highest BCUT2D eigenvalue weighted by atomic mass is 19.1. The van der Waals surface area contributed by atoms with Gasteiger partial charge in [-0.2, -0.15) is 5.10 Å². The molecule has 1 saturated heterocycles. The molecule has 4 aromatic rings. The van der Waals surface area contributed by atoms with Crippen LogP contribution >= 0.6 is 0 Å². The Morgan fingerprint density at radius 2 is 1.85 bits per heavy atom. The SMILES string of the molecule is Cc1cc(F)c(C(=O)Nc2c[nH]nc2-c2nc3cc(C(=O)N4CCOCC4)ccc3[nH]2)c(F)c1. The smallest absolute Gasteiger partial charge is 0.261 e. The lowest BCUT2D eigenvalue weighted by Crippen LogP contribution is -2.40. The number of hydrogen-bond donors (Lipinski definition) is 3. The lowest BCUT2D eigenvalue weighted by molar-refractivity contribution is 0.0303. The van der Waals surface area contributed by atoms with Gasteiger partial charge in [0.05, 0.1) is 29.9 Å². The zero-order valence-corrected chi connectivity index (χ0v) is 18.1. The number of aromatic nitrogens is 4. The van der Waals surface area contributed by atoms with Crippen molar-refractivity contribution in [1.82, 2.24) is 25.1 Å². The zero-order chi connectivity index (χ0) is 23.8. The van der Waals surface area contributed by atoms with Crippen LogP contribution in [0.15, 0.2) is 36.5 Å². The van der Waals surface area contributed by atoms with Gasteiger partial charge >= 0.3 is 0 Å². The molecule has 0 bridgehead atoms. The highest BCUT2D eigenvalue weighted by Crippen LogP contribution is 2.27. The average Bonchev–Trinajstić information content (AvgIpc) is 3.44. The third-order valence-corrected chi connectivity index (χ3v) is 5.55. The number of amides is 2. The van der Waals surface area contributed by atoms with E-state index in [2.05, 4.69) is 25.5 Å². The molecule has 1 fully saturated rings. The Morgan fingerprint density at radius 1 is 1.12 bits per heavy atom. The number of carbonyl (C=O) groups is 2. The van der Waals surface area contributed by atoms with Crippen LogP contribution in [-0.4, -0.2) is 63.2 Å². The number of nitrogens with zero attached hydrogens (tertiary/aromatic N) is 3. The summed E-state index contributed by atoms with van der Waals surface area (Å²) in [5, 5.41) is 9.21. The minimum atomic E-state index is -0.957. The van der Waals surface area contributed by atoms with E-state index < -0.39 is 23.1 Å². The molecule has 0 radical (unpaired) electrons. The third kappa shape index (κ3) is 4.01. The van der Waals surface area contributed by atoms with Gasteiger partial charge in [0.1, 0.15) is 17.2 Å². The molecule has 0 aliphatic carbocycles. The van der Waals surface area contributed by atoms with Gasteiger partial charge in [-0.25, -0.2) is 13.8 Å². The van der Waals surface area contributed by atoms with Crippen LogP contribution in [0.2, 0.25) is 0 Å². The number of morpholine rings is 1. The number of carbonyl (C=O) groups excluding carboxylic acids is 2. The van der Waals surface area contributed by atoms with Crippen LogP contribution in [-0.2, 0) is 4.74 Å². The highest BCUT2D eigenvalue weighted by Gasteiger charge is 2.22. The topological polar surface area (TPSA) is 116 Å². The predicted octanol–water partition coefficient (Wildman–Crippen LogP) is 3.26. The number of aryl methyl sites for hydroxylation is 1. The summed E-state index contributed by atoms with van der Waals surface area (Å²) in [4.78, 5) is 34.7. The number of aromatic amines is 2. The lowest BCUT2D eigenvalue weighted by Gasteiger charge is -2.26. The quantitative estimate of drug-likeness (QED) is 0.427. The fraction of sp³-hybridized carbons (Fsp3) is 0.217. The number of imidazole rings is 1. The zero-order valence-electron chi connectivity index (χ0n) is 18.1. The molecule has 0 saturated carbocycles. The second-order valence-electron chi connectivity index (χ2n) is 7.93. The molecule has 2 aromatic carbocycles. The van der Waals surface area contributed by atoms with Crippen molar-refractivity contribution in [1.29, 1.82) is 0 Å². The summed E-state index contributed by atoms with van der Waals surface area (Å²) >= 11 is 0. The van der Waals surface area contributed by atoms with Gasteiger partial charge < -0.3 is 19.9 Å². The normalized spacial score (nSPS) is 13.9. The van der Waals surface area contributed by atoms with Crippen LogP contribution in [0.1, 0.15) is 26.3 Å². The number of halogens is 2. The van der Waals surface area contributed by atoms with Crippen molar-refractivity contribution < 1.29 is 23.1 Å². The second-order valence-corrected chi connectivity index (χ2v) is 7.93. The number of anilines is 1. The van der Waals surface area contributed by atoms with E-state index in [0.29, 0.717) is 54.3 Å². The molecule has 0 atom stereocenters. The van der Waals surface area contributed by atoms with Crippen LogP contribution in [0.25, 0.3) is 22.6 Å². The van der Waals surface area contributed by atoms with Crippen molar-refractivity contribution in [2.45, 2.75) is 6.92 Å². The van der Waals surface area contributed by atoms with E-state index >= 15 is 0 Å². The Bertz CT molecular complexity index is 1380. The van der Waals surface area contributed by atoms with E-state index in [-0.39, 0.29) is 17.3 Å². The first-order valence-electron chi connectivity index (χ1n) is 10.6. The number of nitrogens with one attached hydrogen (secondary N) is 3. The van der Waals surface area contributed by atoms with E-state index in [1.54, 1.807) is 23.1 Å². The van der Waals surface area contributed by atoms with Gasteiger partial charge in [-0.15, -0.1) is 0 Å². The highest BCUT2D eigenvalue weighted by molar-refractivity contribution is 6.06. The fourth-order valence-corrected chi connectivity index (χ4v) is 3.87. The molecular formula is C23H20F2N6O3. The summed E-state index contributed by atoms with van der Waals surface area (Å²) in [6.07, 6.45) is 1.39. The molecule has 2 aromatic heterocycles. The molecule has 11 heteroatoms. The van der Waals surface area contributed by atoms with Crippen LogP contribution in [0.4, 0.5) is 14.5 Å². The number of H-pyrrole nitrogens is 2. The molecule has 9 nitrogen and oxygen atoms in total. The van der Waals surface area contributed by atoms with E-state index in [9.17, 15) is 18.4 Å². The summed E-state index contributed by atoms with van der Waals surface area (Å²) in [7, 11) is 0. The minimum Gasteiger partial charge on any atom is -0.378 e. The Labute approximate surface area is 192 Å². The summed E-state index contributed by atoms with van der Waals surface area (Å²) in [6, 6.07) is 7.29. The Kier molecular flexibility index (Phi) is 5.54. The van der Waals surface area contributed by atoms with E-state index in [0.717, 1.165) is 12.1 Å².